The van der Waals surface area contributed by atoms with Crippen molar-refractivity contribution in [3.63, 3.8) is 0 Å². The summed E-state index contributed by atoms with van der Waals surface area (Å²) in [6.45, 7) is 5.24. The number of nitrogens with one attached hydrogen (secondary N) is 1. The maximum absolute atomic E-state index is 3.90. The third-order valence-electron chi connectivity index (χ3n) is 4.78. The van der Waals surface area contributed by atoms with E-state index in [1.807, 2.05) is 0 Å². The molecule has 0 unspecified atom stereocenters. The molecule has 2 aliphatic heterocycles. The monoisotopic (exact) mass is 237 g/mol. The maximum atomic E-state index is 3.90. The van der Waals surface area contributed by atoms with Crippen molar-refractivity contribution in [2.45, 2.75) is 56.7 Å². The average molecular weight is 237 g/mol. The van der Waals surface area contributed by atoms with Crippen LogP contribution in [-0.2, 0) is 0 Å². The first kappa shape index (κ1) is 11.9. The first-order valence-corrected chi connectivity index (χ1v) is 7.50. The normalized spacial score (nSPS) is 30.9. The molecule has 3 fully saturated rings. The molecule has 3 heteroatoms. The molecular formula is C14H27N3. The molecule has 1 saturated carbocycles. The molecule has 0 spiro atoms. The second kappa shape index (κ2) is 5.25. The molecule has 0 aromatic heterocycles. The Kier molecular flexibility index (Phi) is 3.69. The van der Waals surface area contributed by atoms with Crippen molar-refractivity contribution in [2.75, 3.05) is 33.2 Å². The van der Waals surface area contributed by atoms with Gasteiger partial charge >= 0.3 is 0 Å². The second-order valence-electron chi connectivity index (χ2n) is 6.29. The highest BCUT2D eigenvalue weighted by Gasteiger charge is 2.32. The Balaban J connectivity index is 1.38. The predicted octanol–water partition coefficient (Wildman–Crippen LogP) is 1.30. The van der Waals surface area contributed by atoms with Gasteiger partial charge in [-0.15, -0.1) is 0 Å². The first-order chi connectivity index (χ1) is 8.31. The molecule has 0 atom stereocenters. The lowest BCUT2D eigenvalue weighted by molar-refractivity contribution is 0.165. The Morgan fingerprint density at radius 3 is 1.82 bits per heavy atom. The summed E-state index contributed by atoms with van der Waals surface area (Å²) in [5.74, 6) is 0. The van der Waals surface area contributed by atoms with E-state index in [9.17, 15) is 0 Å². The fourth-order valence-electron chi connectivity index (χ4n) is 3.38. The number of piperidine rings is 2. The molecule has 0 amide bonds. The molecule has 2 saturated heterocycles. The highest BCUT2D eigenvalue weighted by Crippen LogP contribution is 2.29. The molecule has 98 valence electrons. The van der Waals surface area contributed by atoms with Gasteiger partial charge in [0.1, 0.15) is 0 Å². The quantitative estimate of drug-likeness (QED) is 0.798. The van der Waals surface area contributed by atoms with Crippen LogP contribution >= 0.6 is 0 Å². The lowest BCUT2D eigenvalue weighted by atomic mass is 9.99. The van der Waals surface area contributed by atoms with Crippen LogP contribution in [0.25, 0.3) is 0 Å². The van der Waals surface area contributed by atoms with Gasteiger partial charge in [-0.05, 0) is 71.8 Å². The zero-order valence-electron chi connectivity index (χ0n) is 11.2. The summed E-state index contributed by atoms with van der Waals surface area (Å²) in [5, 5.41) is 3.90. The maximum Gasteiger partial charge on any atom is 0.00964 e. The van der Waals surface area contributed by atoms with Crippen LogP contribution in [0.15, 0.2) is 0 Å². The summed E-state index contributed by atoms with van der Waals surface area (Å²) >= 11 is 0. The van der Waals surface area contributed by atoms with Crippen molar-refractivity contribution in [2.24, 2.45) is 0 Å². The van der Waals surface area contributed by atoms with Crippen LogP contribution in [0.4, 0.5) is 0 Å². The Labute approximate surface area is 106 Å². The van der Waals surface area contributed by atoms with Crippen LogP contribution in [0.5, 0.6) is 0 Å². The van der Waals surface area contributed by atoms with Gasteiger partial charge in [0.25, 0.3) is 0 Å². The summed E-state index contributed by atoms with van der Waals surface area (Å²) in [6.07, 6.45) is 8.38. The van der Waals surface area contributed by atoms with Gasteiger partial charge in [0.05, 0.1) is 0 Å². The van der Waals surface area contributed by atoms with Gasteiger partial charge in [-0.25, -0.2) is 0 Å². The molecule has 1 N–H and O–H groups in total. The van der Waals surface area contributed by atoms with E-state index in [0.717, 1.165) is 18.1 Å². The number of likely N-dealkylation sites (tertiary alicyclic amines) is 2. The van der Waals surface area contributed by atoms with Gasteiger partial charge in [-0.2, -0.15) is 0 Å². The summed E-state index contributed by atoms with van der Waals surface area (Å²) in [4.78, 5) is 5.17. The minimum atomic E-state index is 0.795. The Bertz CT molecular complexity index is 236. The summed E-state index contributed by atoms with van der Waals surface area (Å²) in [6, 6.07) is 2.57. The largest absolute Gasteiger partial charge is 0.311 e. The summed E-state index contributed by atoms with van der Waals surface area (Å²) < 4.78 is 0. The van der Waals surface area contributed by atoms with Crippen LogP contribution in [0.1, 0.15) is 38.5 Å². The standard InChI is InChI=1S/C14H27N3/c1-16-8-4-12(5-9-16)15-13-6-10-17(11-7-13)14-2-3-14/h12-15H,2-11H2,1H3. The van der Waals surface area contributed by atoms with Crippen molar-refractivity contribution < 1.29 is 0 Å². The molecule has 0 aromatic carbocycles. The van der Waals surface area contributed by atoms with Crippen LogP contribution in [0.2, 0.25) is 0 Å². The fourth-order valence-corrected chi connectivity index (χ4v) is 3.38. The van der Waals surface area contributed by atoms with Gasteiger partial charge in [-0.1, -0.05) is 0 Å². The van der Waals surface area contributed by atoms with E-state index in [1.54, 1.807) is 0 Å². The minimum Gasteiger partial charge on any atom is -0.311 e. The third-order valence-corrected chi connectivity index (χ3v) is 4.78. The average Bonchev–Trinajstić information content (AvgIpc) is 3.17. The first-order valence-electron chi connectivity index (χ1n) is 7.50. The molecule has 1 aliphatic carbocycles. The molecule has 3 rings (SSSR count). The van der Waals surface area contributed by atoms with Crippen molar-refractivity contribution in [3.8, 4) is 0 Å². The molecule has 0 bridgehead atoms. The van der Waals surface area contributed by atoms with E-state index in [0.29, 0.717) is 0 Å². The Morgan fingerprint density at radius 2 is 1.29 bits per heavy atom. The van der Waals surface area contributed by atoms with Crippen LogP contribution in [0.3, 0.4) is 0 Å². The van der Waals surface area contributed by atoms with E-state index >= 15 is 0 Å². The molecule has 3 nitrogen and oxygen atoms in total. The molecule has 0 aromatic rings. The van der Waals surface area contributed by atoms with Gasteiger partial charge in [0.15, 0.2) is 0 Å². The highest BCUT2D eigenvalue weighted by atomic mass is 15.2. The lowest BCUT2D eigenvalue weighted by Gasteiger charge is -2.37. The zero-order valence-corrected chi connectivity index (χ0v) is 11.2. The zero-order chi connectivity index (χ0) is 11.7. The third kappa shape index (κ3) is 3.21. The number of nitrogens with zero attached hydrogens (tertiary/aromatic N) is 2. The Morgan fingerprint density at radius 1 is 0.765 bits per heavy atom. The van der Waals surface area contributed by atoms with E-state index in [2.05, 4.69) is 22.2 Å². The Hall–Kier alpha value is -0.120. The molecule has 0 radical (unpaired) electrons. The molecule has 3 aliphatic rings. The van der Waals surface area contributed by atoms with Crippen molar-refractivity contribution in [1.29, 1.82) is 0 Å². The second-order valence-corrected chi connectivity index (χ2v) is 6.29. The summed E-state index contributed by atoms with van der Waals surface area (Å²) in [5.41, 5.74) is 0. The van der Waals surface area contributed by atoms with Crippen molar-refractivity contribution in [3.05, 3.63) is 0 Å². The minimum absolute atomic E-state index is 0.795. The topological polar surface area (TPSA) is 18.5 Å². The fraction of sp³-hybridized carbons (Fsp3) is 1.00. The molecule has 17 heavy (non-hydrogen) atoms. The van der Waals surface area contributed by atoms with E-state index in [1.165, 1.54) is 64.7 Å². The van der Waals surface area contributed by atoms with Gasteiger partial charge < -0.3 is 15.1 Å². The highest BCUT2D eigenvalue weighted by molar-refractivity contribution is 4.90. The van der Waals surface area contributed by atoms with Gasteiger partial charge in [0, 0.05) is 18.1 Å². The number of hydrogen-bond donors (Lipinski definition) is 1. The van der Waals surface area contributed by atoms with Crippen LogP contribution in [0, 0.1) is 0 Å². The van der Waals surface area contributed by atoms with Crippen LogP contribution in [-0.4, -0.2) is 61.2 Å². The smallest absolute Gasteiger partial charge is 0.00964 e. The predicted molar refractivity (Wildman–Crippen MR) is 71.3 cm³/mol. The SMILES string of the molecule is CN1CCC(NC2CCN(C3CC3)CC2)CC1. The van der Waals surface area contributed by atoms with E-state index in [4.69, 9.17) is 0 Å². The number of hydrogen-bond acceptors (Lipinski definition) is 3. The van der Waals surface area contributed by atoms with E-state index < -0.39 is 0 Å². The molecule has 2 heterocycles. The van der Waals surface area contributed by atoms with Crippen LogP contribution < -0.4 is 5.32 Å². The van der Waals surface area contributed by atoms with E-state index in [-0.39, 0.29) is 0 Å². The van der Waals surface area contributed by atoms with Gasteiger partial charge in [0.2, 0.25) is 0 Å². The molecular weight excluding hydrogens is 210 g/mol. The lowest BCUT2D eigenvalue weighted by Crippen LogP contribution is -2.49. The van der Waals surface area contributed by atoms with Gasteiger partial charge in [-0.3, -0.25) is 0 Å². The van der Waals surface area contributed by atoms with Crippen molar-refractivity contribution >= 4 is 0 Å². The summed E-state index contributed by atoms with van der Waals surface area (Å²) in [7, 11) is 2.24. The number of rotatable bonds is 3. The van der Waals surface area contributed by atoms with Crippen molar-refractivity contribution in [1.82, 2.24) is 15.1 Å².